The second-order valence-corrected chi connectivity index (χ2v) is 4.33. The van der Waals surface area contributed by atoms with Gasteiger partial charge in [0.2, 0.25) is 0 Å². The molecule has 0 aliphatic heterocycles. The molecule has 94 valence electrons. The van der Waals surface area contributed by atoms with E-state index in [0.717, 1.165) is 22.5 Å². The summed E-state index contributed by atoms with van der Waals surface area (Å²) in [6.45, 7) is 0. The van der Waals surface area contributed by atoms with Crippen molar-refractivity contribution in [1.29, 1.82) is 0 Å². The van der Waals surface area contributed by atoms with Crippen LogP contribution in [0.1, 0.15) is 0 Å². The van der Waals surface area contributed by atoms with Crippen molar-refractivity contribution in [2.24, 2.45) is 7.05 Å². The summed E-state index contributed by atoms with van der Waals surface area (Å²) >= 11 is 0. The Kier molecular flexibility index (Phi) is 2.76. The van der Waals surface area contributed by atoms with Crippen LogP contribution in [0, 0.1) is 0 Å². The van der Waals surface area contributed by atoms with Crippen LogP contribution in [-0.2, 0) is 7.05 Å². The monoisotopic (exact) mass is 251 g/mol. The van der Waals surface area contributed by atoms with Crippen LogP contribution >= 0.6 is 0 Å². The maximum absolute atomic E-state index is 9.33. The Morgan fingerprint density at radius 1 is 1.05 bits per heavy atom. The van der Waals surface area contributed by atoms with Crippen LogP contribution in [0.5, 0.6) is 5.75 Å². The topological polar surface area (TPSA) is 50.9 Å². The molecule has 0 aliphatic carbocycles. The highest BCUT2D eigenvalue weighted by Crippen LogP contribution is 2.26. The van der Waals surface area contributed by atoms with E-state index >= 15 is 0 Å². The minimum absolute atomic E-state index is 0.262. The molecule has 4 nitrogen and oxygen atoms in total. The first-order chi connectivity index (χ1) is 9.24. The van der Waals surface area contributed by atoms with Gasteiger partial charge in [0.15, 0.2) is 0 Å². The number of phenolic OH excluding ortho intramolecular Hbond substituents is 1. The van der Waals surface area contributed by atoms with Crippen molar-refractivity contribution in [1.82, 2.24) is 14.8 Å². The molecule has 3 aromatic rings. The van der Waals surface area contributed by atoms with E-state index in [0.29, 0.717) is 0 Å². The van der Waals surface area contributed by atoms with Gasteiger partial charge >= 0.3 is 0 Å². The minimum Gasteiger partial charge on any atom is -0.508 e. The first kappa shape index (κ1) is 11.5. The molecule has 0 atom stereocenters. The van der Waals surface area contributed by atoms with Crippen LogP contribution in [0.3, 0.4) is 0 Å². The quantitative estimate of drug-likeness (QED) is 0.762. The van der Waals surface area contributed by atoms with Crippen LogP contribution < -0.4 is 0 Å². The van der Waals surface area contributed by atoms with Gasteiger partial charge in [-0.05, 0) is 42.5 Å². The normalized spacial score (nSPS) is 10.6. The summed E-state index contributed by atoms with van der Waals surface area (Å²) in [5, 5.41) is 13.8. The molecule has 0 unspecified atom stereocenters. The van der Waals surface area contributed by atoms with Gasteiger partial charge in [-0.15, -0.1) is 0 Å². The number of aryl methyl sites for hydroxylation is 1. The van der Waals surface area contributed by atoms with Gasteiger partial charge in [-0.3, -0.25) is 9.67 Å². The van der Waals surface area contributed by atoms with Gasteiger partial charge in [-0.1, -0.05) is 0 Å². The van der Waals surface area contributed by atoms with Gasteiger partial charge in [-0.2, -0.15) is 5.10 Å². The van der Waals surface area contributed by atoms with Crippen molar-refractivity contribution in [3.8, 4) is 28.3 Å². The smallest absolute Gasteiger partial charge is 0.115 e. The molecule has 19 heavy (non-hydrogen) atoms. The molecule has 0 aliphatic rings. The zero-order valence-corrected chi connectivity index (χ0v) is 10.5. The average molecular weight is 251 g/mol. The summed E-state index contributed by atoms with van der Waals surface area (Å²) in [4.78, 5) is 4.10. The lowest BCUT2D eigenvalue weighted by molar-refractivity contribution is 0.475. The molecule has 0 radical (unpaired) electrons. The second kappa shape index (κ2) is 4.57. The van der Waals surface area contributed by atoms with Crippen molar-refractivity contribution in [3.05, 3.63) is 54.9 Å². The summed E-state index contributed by atoms with van der Waals surface area (Å²) < 4.78 is 1.83. The van der Waals surface area contributed by atoms with E-state index in [1.54, 1.807) is 24.5 Å². The summed E-state index contributed by atoms with van der Waals surface area (Å²) in [5.41, 5.74) is 3.89. The van der Waals surface area contributed by atoms with Gasteiger partial charge < -0.3 is 5.11 Å². The molecule has 0 amide bonds. The highest BCUT2D eigenvalue weighted by Gasteiger charge is 2.09. The Bertz CT molecular complexity index is 687. The second-order valence-electron chi connectivity index (χ2n) is 4.33. The average Bonchev–Trinajstić information content (AvgIpc) is 2.83. The Morgan fingerprint density at radius 2 is 1.84 bits per heavy atom. The Morgan fingerprint density at radius 3 is 2.53 bits per heavy atom. The largest absolute Gasteiger partial charge is 0.508 e. The van der Waals surface area contributed by atoms with Crippen LogP contribution in [0.4, 0.5) is 0 Å². The van der Waals surface area contributed by atoms with Crippen molar-refractivity contribution in [2.75, 3.05) is 0 Å². The molecular formula is C15H13N3O. The SMILES string of the molecule is Cn1nc(-c2cccnc2)cc1-c1ccc(O)cc1. The number of rotatable bonds is 2. The fourth-order valence-corrected chi connectivity index (χ4v) is 2.02. The number of hydrogen-bond acceptors (Lipinski definition) is 3. The van der Waals surface area contributed by atoms with Gasteiger partial charge in [-0.25, -0.2) is 0 Å². The zero-order valence-electron chi connectivity index (χ0n) is 10.5. The lowest BCUT2D eigenvalue weighted by Crippen LogP contribution is -1.93. The number of pyridine rings is 1. The van der Waals surface area contributed by atoms with Crippen LogP contribution in [0.25, 0.3) is 22.5 Å². The molecule has 1 N–H and O–H groups in total. The molecule has 0 bridgehead atoms. The first-order valence-electron chi connectivity index (χ1n) is 5.98. The predicted molar refractivity (Wildman–Crippen MR) is 73.5 cm³/mol. The Hall–Kier alpha value is -2.62. The van der Waals surface area contributed by atoms with Crippen LogP contribution in [-0.4, -0.2) is 19.9 Å². The fourth-order valence-electron chi connectivity index (χ4n) is 2.02. The molecule has 0 saturated heterocycles. The van der Waals surface area contributed by atoms with E-state index in [2.05, 4.69) is 10.1 Å². The molecule has 0 fully saturated rings. The maximum Gasteiger partial charge on any atom is 0.115 e. The highest BCUT2D eigenvalue weighted by molar-refractivity contribution is 5.68. The van der Waals surface area contributed by atoms with Crippen LogP contribution in [0.2, 0.25) is 0 Å². The van der Waals surface area contributed by atoms with E-state index in [1.807, 2.05) is 42.1 Å². The van der Waals surface area contributed by atoms with Gasteiger partial charge in [0.1, 0.15) is 5.75 Å². The summed E-state index contributed by atoms with van der Waals surface area (Å²) in [6.07, 6.45) is 3.54. The maximum atomic E-state index is 9.33. The third-order valence-corrected chi connectivity index (χ3v) is 3.00. The summed E-state index contributed by atoms with van der Waals surface area (Å²) in [7, 11) is 1.90. The minimum atomic E-state index is 0.262. The van der Waals surface area contributed by atoms with E-state index in [1.165, 1.54) is 0 Å². The number of nitrogens with zero attached hydrogens (tertiary/aromatic N) is 3. The van der Waals surface area contributed by atoms with E-state index in [9.17, 15) is 5.11 Å². The number of phenols is 1. The van der Waals surface area contributed by atoms with Gasteiger partial charge in [0.25, 0.3) is 0 Å². The third kappa shape index (κ3) is 2.20. The number of aromatic hydroxyl groups is 1. The lowest BCUT2D eigenvalue weighted by Gasteiger charge is -2.01. The Balaban J connectivity index is 2.05. The third-order valence-electron chi connectivity index (χ3n) is 3.00. The lowest BCUT2D eigenvalue weighted by atomic mass is 10.1. The standard InChI is InChI=1S/C15H13N3O/c1-18-15(11-4-6-13(19)7-5-11)9-14(17-18)12-3-2-8-16-10-12/h2-10,19H,1H3. The van der Waals surface area contributed by atoms with Crippen molar-refractivity contribution in [2.45, 2.75) is 0 Å². The molecule has 0 saturated carbocycles. The van der Waals surface area contributed by atoms with Crippen molar-refractivity contribution < 1.29 is 5.11 Å². The molecule has 2 heterocycles. The molecule has 2 aromatic heterocycles. The van der Waals surface area contributed by atoms with E-state index < -0.39 is 0 Å². The van der Waals surface area contributed by atoms with Crippen molar-refractivity contribution in [3.63, 3.8) is 0 Å². The molecular weight excluding hydrogens is 238 g/mol. The summed E-state index contributed by atoms with van der Waals surface area (Å²) in [6, 6.07) is 13.0. The first-order valence-corrected chi connectivity index (χ1v) is 5.98. The van der Waals surface area contributed by atoms with E-state index in [-0.39, 0.29) is 5.75 Å². The number of aromatic nitrogens is 3. The highest BCUT2D eigenvalue weighted by atomic mass is 16.3. The van der Waals surface area contributed by atoms with Gasteiger partial charge in [0, 0.05) is 30.6 Å². The number of benzene rings is 1. The predicted octanol–water partition coefficient (Wildman–Crippen LogP) is 2.85. The molecule has 3 rings (SSSR count). The van der Waals surface area contributed by atoms with E-state index in [4.69, 9.17) is 0 Å². The zero-order chi connectivity index (χ0) is 13.2. The number of hydrogen-bond donors (Lipinski definition) is 1. The van der Waals surface area contributed by atoms with Crippen LogP contribution in [0.15, 0.2) is 54.9 Å². The summed E-state index contributed by atoms with van der Waals surface area (Å²) in [5.74, 6) is 0.262. The Labute approximate surface area is 111 Å². The molecule has 0 spiro atoms. The molecule has 4 heteroatoms. The fraction of sp³-hybridized carbons (Fsp3) is 0.0667. The van der Waals surface area contributed by atoms with Gasteiger partial charge in [0.05, 0.1) is 11.4 Å². The molecule has 1 aromatic carbocycles. The van der Waals surface area contributed by atoms with Crippen molar-refractivity contribution >= 4 is 0 Å².